The van der Waals surface area contributed by atoms with Gasteiger partial charge in [0.15, 0.2) is 0 Å². The Morgan fingerprint density at radius 3 is 2.91 bits per heavy atom. The topological polar surface area (TPSA) is 20.2 Å². The van der Waals surface area contributed by atoms with Gasteiger partial charge in [0.25, 0.3) is 0 Å². The summed E-state index contributed by atoms with van der Waals surface area (Å²) in [5.74, 6) is 0. The van der Waals surface area contributed by atoms with Gasteiger partial charge in [-0.15, -0.1) is 17.9 Å². The van der Waals surface area contributed by atoms with Crippen LogP contribution in [0.3, 0.4) is 0 Å². The van der Waals surface area contributed by atoms with E-state index in [4.69, 9.17) is 0 Å². The van der Waals surface area contributed by atoms with Crippen molar-refractivity contribution in [1.29, 1.82) is 0 Å². The molecule has 0 aliphatic rings. The van der Waals surface area contributed by atoms with Crippen molar-refractivity contribution >= 4 is 27.3 Å². The van der Waals surface area contributed by atoms with Crippen LogP contribution >= 0.6 is 27.3 Å². The fraction of sp³-hybridized carbons (Fsp3) is 0.250. The molecule has 0 radical (unpaired) electrons. The van der Waals surface area contributed by atoms with Gasteiger partial charge < -0.3 is 5.11 Å². The number of aliphatic hydroxyl groups excluding tert-OH is 1. The average Bonchev–Trinajstić information content (AvgIpc) is 2.36. The zero-order valence-electron chi connectivity index (χ0n) is 5.96. The highest BCUT2D eigenvalue weighted by Gasteiger charge is 2.06. The summed E-state index contributed by atoms with van der Waals surface area (Å²) in [6.45, 7) is 3.57. The van der Waals surface area contributed by atoms with Gasteiger partial charge in [-0.25, -0.2) is 0 Å². The first-order chi connectivity index (χ1) is 5.24. The van der Waals surface area contributed by atoms with Crippen LogP contribution in [0.4, 0.5) is 0 Å². The molecule has 0 fully saturated rings. The molecule has 0 aliphatic carbocycles. The van der Waals surface area contributed by atoms with Crippen molar-refractivity contribution in [2.24, 2.45) is 0 Å². The summed E-state index contributed by atoms with van der Waals surface area (Å²) in [5.41, 5.74) is 0. The molecule has 0 aromatic carbocycles. The molecule has 1 heterocycles. The molecule has 1 unspecified atom stereocenters. The summed E-state index contributed by atoms with van der Waals surface area (Å²) in [6, 6.07) is 3.86. The van der Waals surface area contributed by atoms with E-state index in [2.05, 4.69) is 22.5 Å². The molecule has 1 nitrogen and oxygen atoms in total. The predicted octanol–water partition coefficient (Wildman–Crippen LogP) is 3.12. The first kappa shape index (κ1) is 8.97. The predicted molar refractivity (Wildman–Crippen MR) is 51.8 cm³/mol. The Balaban J connectivity index is 2.67. The van der Waals surface area contributed by atoms with Crippen LogP contribution in [0, 0.1) is 0 Å². The van der Waals surface area contributed by atoms with Gasteiger partial charge in [-0.2, -0.15) is 0 Å². The minimum atomic E-state index is -0.385. The normalized spacial score (nSPS) is 12.9. The Kier molecular flexibility index (Phi) is 3.30. The standard InChI is InChI=1S/C8H9BrOS/c1-2-3-6(10)7-4-5-8(9)11-7/h2,4-6,10H,1,3H2. The van der Waals surface area contributed by atoms with Crippen LogP contribution in [0.2, 0.25) is 0 Å². The molecule has 0 aliphatic heterocycles. The fourth-order valence-corrected chi connectivity index (χ4v) is 2.20. The van der Waals surface area contributed by atoms with Crippen LogP contribution in [-0.2, 0) is 0 Å². The molecule has 0 saturated carbocycles. The zero-order chi connectivity index (χ0) is 8.27. The molecule has 60 valence electrons. The molecule has 1 rings (SSSR count). The molecule has 1 aromatic rings. The third-order valence-corrected chi connectivity index (χ3v) is 3.04. The Morgan fingerprint density at radius 1 is 1.73 bits per heavy atom. The SMILES string of the molecule is C=CCC(O)c1ccc(Br)s1. The molecular weight excluding hydrogens is 224 g/mol. The van der Waals surface area contributed by atoms with Crippen molar-refractivity contribution in [2.45, 2.75) is 12.5 Å². The molecular formula is C8H9BrOS. The van der Waals surface area contributed by atoms with Crippen molar-refractivity contribution < 1.29 is 5.11 Å². The van der Waals surface area contributed by atoms with Crippen LogP contribution in [0.5, 0.6) is 0 Å². The van der Waals surface area contributed by atoms with Crippen molar-refractivity contribution in [3.63, 3.8) is 0 Å². The summed E-state index contributed by atoms with van der Waals surface area (Å²) >= 11 is 4.89. The lowest BCUT2D eigenvalue weighted by Crippen LogP contribution is -1.90. The van der Waals surface area contributed by atoms with Crippen molar-refractivity contribution in [1.82, 2.24) is 0 Å². The maximum atomic E-state index is 9.45. The minimum absolute atomic E-state index is 0.385. The summed E-state index contributed by atoms with van der Waals surface area (Å²) in [5, 5.41) is 9.45. The Bertz CT molecular complexity index is 244. The van der Waals surface area contributed by atoms with Crippen LogP contribution in [0.1, 0.15) is 17.4 Å². The maximum Gasteiger partial charge on any atom is 0.0916 e. The number of halogens is 1. The molecule has 11 heavy (non-hydrogen) atoms. The summed E-state index contributed by atoms with van der Waals surface area (Å²) in [7, 11) is 0. The van der Waals surface area contributed by atoms with Gasteiger partial charge >= 0.3 is 0 Å². The first-order valence-electron chi connectivity index (χ1n) is 3.28. The number of thiophene rings is 1. The first-order valence-corrected chi connectivity index (χ1v) is 4.89. The maximum absolute atomic E-state index is 9.45. The van der Waals surface area contributed by atoms with Crippen molar-refractivity contribution in [2.75, 3.05) is 0 Å². The van der Waals surface area contributed by atoms with Gasteiger partial charge in [-0.1, -0.05) is 6.08 Å². The van der Waals surface area contributed by atoms with E-state index >= 15 is 0 Å². The lowest BCUT2D eigenvalue weighted by Gasteiger charge is -2.02. The van der Waals surface area contributed by atoms with Gasteiger partial charge in [0.05, 0.1) is 9.89 Å². The quantitative estimate of drug-likeness (QED) is 0.795. The Labute approximate surface area is 78.5 Å². The summed E-state index contributed by atoms with van der Waals surface area (Å²) in [4.78, 5) is 0.983. The zero-order valence-corrected chi connectivity index (χ0v) is 8.36. The lowest BCUT2D eigenvalue weighted by molar-refractivity contribution is 0.185. The van der Waals surface area contributed by atoms with E-state index in [9.17, 15) is 5.11 Å². The van der Waals surface area contributed by atoms with E-state index in [0.717, 1.165) is 8.66 Å². The second kappa shape index (κ2) is 4.04. The summed E-state index contributed by atoms with van der Waals surface area (Å²) < 4.78 is 1.05. The van der Waals surface area contributed by atoms with Crippen LogP contribution in [-0.4, -0.2) is 5.11 Å². The number of aliphatic hydroxyl groups is 1. The monoisotopic (exact) mass is 232 g/mol. The van der Waals surface area contributed by atoms with E-state index < -0.39 is 0 Å². The molecule has 0 amide bonds. The average molecular weight is 233 g/mol. The summed E-state index contributed by atoms with van der Waals surface area (Å²) in [6.07, 6.45) is 1.95. The molecule has 0 spiro atoms. The van der Waals surface area contributed by atoms with Crippen LogP contribution in [0.15, 0.2) is 28.6 Å². The fourth-order valence-electron chi connectivity index (χ4n) is 0.781. The second-order valence-corrected chi connectivity index (χ2v) is 4.68. The van der Waals surface area contributed by atoms with Gasteiger partial charge in [-0.05, 0) is 34.5 Å². The highest BCUT2D eigenvalue weighted by atomic mass is 79.9. The Morgan fingerprint density at radius 2 is 2.45 bits per heavy atom. The van der Waals surface area contributed by atoms with Crippen molar-refractivity contribution in [3.05, 3.63) is 33.5 Å². The van der Waals surface area contributed by atoms with E-state index in [1.54, 1.807) is 17.4 Å². The van der Waals surface area contributed by atoms with Gasteiger partial charge in [0.2, 0.25) is 0 Å². The Hall–Kier alpha value is -0.120. The molecule has 3 heteroatoms. The highest BCUT2D eigenvalue weighted by Crippen LogP contribution is 2.28. The second-order valence-electron chi connectivity index (χ2n) is 2.18. The van der Waals surface area contributed by atoms with E-state index in [1.807, 2.05) is 12.1 Å². The third kappa shape index (κ3) is 2.43. The van der Waals surface area contributed by atoms with E-state index in [0.29, 0.717) is 6.42 Å². The van der Waals surface area contributed by atoms with Gasteiger partial charge in [-0.3, -0.25) is 0 Å². The number of hydrogen-bond acceptors (Lipinski definition) is 2. The molecule has 1 aromatic heterocycles. The lowest BCUT2D eigenvalue weighted by atomic mass is 10.2. The van der Waals surface area contributed by atoms with Gasteiger partial charge in [0, 0.05) is 4.88 Å². The molecule has 0 saturated heterocycles. The van der Waals surface area contributed by atoms with E-state index in [1.165, 1.54) is 0 Å². The van der Waals surface area contributed by atoms with E-state index in [-0.39, 0.29) is 6.10 Å². The van der Waals surface area contributed by atoms with Crippen molar-refractivity contribution in [3.8, 4) is 0 Å². The minimum Gasteiger partial charge on any atom is -0.387 e. The number of hydrogen-bond donors (Lipinski definition) is 1. The molecule has 0 bridgehead atoms. The smallest absolute Gasteiger partial charge is 0.0916 e. The molecule has 1 atom stereocenters. The van der Waals surface area contributed by atoms with Gasteiger partial charge in [0.1, 0.15) is 0 Å². The highest BCUT2D eigenvalue weighted by molar-refractivity contribution is 9.11. The third-order valence-electron chi connectivity index (χ3n) is 1.31. The molecule has 1 N–H and O–H groups in total. The largest absolute Gasteiger partial charge is 0.387 e. The van der Waals surface area contributed by atoms with Crippen LogP contribution < -0.4 is 0 Å². The van der Waals surface area contributed by atoms with Crippen LogP contribution in [0.25, 0.3) is 0 Å². The number of rotatable bonds is 3.